The van der Waals surface area contributed by atoms with E-state index in [-0.39, 0.29) is 5.15 Å². The van der Waals surface area contributed by atoms with Crippen LogP contribution in [-0.2, 0) is 4.74 Å². The molecule has 0 amide bonds. The summed E-state index contributed by atoms with van der Waals surface area (Å²) in [5.41, 5.74) is 6.08. The number of nitrogen functional groups attached to an aromatic ring is 1. The lowest BCUT2D eigenvalue weighted by molar-refractivity contribution is 0.134. The summed E-state index contributed by atoms with van der Waals surface area (Å²) < 4.78 is 5.47. The van der Waals surface area contributed by atoms with Crippen molar-refractivity contribution in [2.24, 2.45) is 5.92 Å². The molecular weight excluding hydrogens is 228 g/mol. The first-order valence-corrected chi connectivity index (χ1v) is 5.72. The van der Waals surface area contributed by atoms with E-state index in [0.717, 1.165) is 12.5 Å². The third kappa shape index (κ3) is 3.21. The molecule has 1 aliphatic rings. The van der Waals surface area contributed by atoms with E-state index >= 15 is 0 Å². The van der Waals surface area contributed by atoms with Crippen molar-refractivity contribution in [1.29, 1.82) is 0 Å². The van der Waals surface area contributed by atoms with Gasteiger partial charge in [0.15, 0.2) is 11.0 Å². The van der Waals surface area contributed by atoms with E-state index in [4.69, 9.17) is 22.1 Å². The van der Waals surface area contributed by atoms with Crippen LogP contribution in [0.3, 0.4) is 0 Å². The fraction of sp³-hybridized carbons (Fsp3) is 0.600. The Hall–Kier alpha value is -1.07. The zero-order chi connectivity index (χ0) is 11.4. The molecule has 0 bridgehead atoms. The summed E-state index contributed by atoms with van der Waals surface area (Å²) in [6.45, 7) is 2.18. The van der Waals surface area contributed by atoms with Gasteiger partial charge in [-0.1, -0.05) is 11.6 Å². The predicted molar refractivity (Wildman–Crippen MR) is 63.5 cm³/mol. The van der Waals surface area contributed by atoms with Crippen LogP contribution in [0.15, 0.2) is 6.33 Å². The third-order valence-corrected chi connectivity index (χ3v) is 2.73. The number of nitrogens with two attached hydrogens (primary N) is 1. The minimum Gasteiger partial charge on any atom is -0.393 e. The maximum atomic E-state index is 5.76. The van der Waals surface area contributed by atoms with Crippen LogP contribution < -0.4 is 11.1 Å². The highest BCUT2D eigenvalue weighted by Crippen LogP contribution is 2.28. The Labute approximate surface area is 99.4 Å². The molecule has 6 heteroatoms. The smallest absolute Gasteiger partial charge is 0.157 e. The highest BCUT2D eigenvalue weighted by Gasteiger charge is 2.20. The lowest BCUT2D eigenvalue weighted by Gasteiger charge is -2.08. The number of aromatic nitrogens is 2. The molecule has 1 fully saturated rings. The number of hydrogen-bond donors (Lipinski definition) is 2. The Morgan fingerprint density at radius 3 is 3.06 bits per heavy atom. The van der Waals surface area contributed by atoms with E-state index in [1.807, 2.05) is 0 Å². The topological polar surface area (TPSA) is 73.1 Å². The van der Waals surface area contributed by atoms with Crippen molar-refractivity contribution in [3.63, 3.8) is 0 Å². The molecule has 88 valence electrons. The second kappa shape index (κ2) is 5.32. The molecule has 0 unspecified atom stereocenters. The first-order valence-electron chi connectivity index (χ1n) is 5.35. The van der Waals surface area contributed by atoms with Gasteiger partial charge in [0.1, 0.15) is 12.0 Å². The summed E-state index contributed by atoms with van der Waals surface area (Å²) in [6, 6.07) is 0. The van der Waals surface area contributed by atoms with Crippen LogP contribution in [0, 0.1) is 5.92 Å². The van der Waals surface area contributed by atoms with Gasteiger partial charge in [0.2, 0.25) is 0 Å². The van der Waals surface area contributed by atoms with Crippen LogP contribution in [0.25, 0.3) is 0 Å². The zero-order valence-corrected chi connectivity index (χ0v) is 9.70. The molecule has 1 aliphatic carbocycles. The van der Waals surface area contributed by atoms with Crippen molar-refractivity contribution in [1.82, 2.24) is 9.97 Å². The van der Waals surface area contributed by atoms with E-state index in [1.165, 1.54) is 19.2 Å². The Morgan fingerprint density at radius 1 is 1.50 bits per heavy atom. The van der Waals surface area contributed by atoms with Gasteiger partial charge in [-0.25, -0.2) is 9.97 Å². The Bertz CT molecular complexity index is 357. The Balaban J connectivity index is 1.69. The van der Waals surface area contributed by atoms with Crippen LogP contribution in [0.4, 0.5) is 11.5 Å². The quantitative estimate of drug-likeness (QED) is 0.585. The van der Waals surface area contributed by atoms with Crippen molar-refractivity contribution < 1.29 is 4.74 Å². The van der Waals surface area contributed by atoms with E-state index in [9.17, 15) is 0 Å². The minimum absolute atomic E-state index is 0.274. The Morgan fingerprint density at radius 2 is 2.31 bits per heavy atom. The van der Waals surface area contributed by atoms with E-state index < -0.39 is 0 Å². The van der Waals surface area contributed by atoms with Gasteiger partial charge < -0.3 is 15.8 Å². The lowest BCUT2D eigenvalue weighted by atomic mass is 10.4. The number of rotatable bonds is 6. The summed E-state index contributed by atoms with van der Waals surface area (Å²) in [5.74, 6) is 1.36. The first-order chi connectivity index (χ1) is 7.77. The molecular formula is C10H15ClN4O. The molecule has 16 heavy (non-hydrogen) atoms. The molecule has 0 atom stereocenters. The fourth-order valence-corrected chi connectivity index (χ4v) is 1.42. The lowest BCUT2D eigenvalue weighted by Crippen LogP contribution is -2.13. The number of anilines is 2. The van der Waals surface area contributed by atoms with Crippen molar-refractivity contribution in [3.8, 4) is 0 Å². The standard InChI is InChI=1S/C10H15ClN4O/c11-9-8(12)10(15-6-14-9)13-3-4-16-5-7-1-2-7/h6-7H,1-5,12H2,(H,13,14,15). The van der Waals surface area contributed by atoms with Gasteiger partial charge in [-0.15, -0.1) is 0 Å². The van der Waals surface area contributed by atoms with E-state index in [2.05, 4.69) is 15.3 Å². The predicted octanol–water partition coefficient (Wildman–Crippen LogP) is 1.55. The van der Waals surface area contributed by atoms with Crippen LogP contribution in [0.5, 0.6) is 0 Å². The Kier molecular flexibility index (Phi) is 3.79. The zero-order valence-electron chi connectivity index (χ0n) is 8.95. The van der Waals surface area contributed by atoms with Crippen molar-refractivity contribution in [2.75, 3.05) is 30.8 Å². The van der Waals surface area contributed by atoms with Crippen LogP contribution >= 0.6 is 11.6 Å². The molecule has 5 nitrogen and oxygen atoms in total. The second-order valence-electron chi connectivity index (χ2n) is 3.87. The van der Waals surface area contributed by atoms with Crippen LogP contribution in [0.1, 0.15) is 12.8 Å². The molecule has 1 saturated carbocycles. The minimum atomic E-state index is 0.274. The first kappa shape index (κ1) is 11.4. The number of nitrogens with one attached hydrogen (secondary N) is 1. The fourth-order valence-electron chi connectivity index (χ4n) is 1.29. The van der Waals surface area contributed by atoms with Gasteiger partial charge >= 0.3 is 0 Å². The monoisotopic (exact) mass is 242 g/mol. The summed E-state index contributed by atoms with van der Waals surface area (Å²) >= 11 is 5.76. The largest absolute Gasteiger partial charge is 0.393 e. The molecule has 0 spiro atoms. The molecule has 0 aliphatic heterocycles. The number of halogens is 1. The van der Waals surface area contributed by atoms with Gasteiger partial charge in [-0.2, -0.15) is 0 Å². The summed E-state index contributed by atoms with van der Waals surface area (Å²) in [7, 11) is 0. The maximum Gasteiger partial charge on any atom is 0.157 e. The summed E-state index contributed by atoms with van der Waals surface area (Å²) in [5, 5.41) is 3.34. The van der Waals surface area contributed by atoms with Crippen LogP contribution in [-0.4, -0.2) is 29.7 Å². The highest BCUT2D eigenvalue weighted by molar-refractivity contribution is 6.32. The van der Waals surface area contributed by atoms with Gasteiger partial charge in [0, 0.05) is 13.2 Å². The SMILES string of the molecule is Nc1c(Cl)ncnc1NCCOCC1CC1. The number of hydrogen-bond acceptors (Lipinski definition) is 5. The molecule has 2 rings (SSSR count). The number of nitrogens with zero attached hydrogens (tertiary/aromatic N) is 2. The molecule has 1 aromatic heterocycles. The second-order valence-corrected chi connectivity index (χ2v) is 4.23. The van der Waals surface area contributed by atoms with E-state index in [0.29, 0.717) is 24.7 Å². The van der Waals surface area contributed by atoms with Gasteiger partial charge in [-0.3, -0.25) is 0 Å². The molecule has 0 saturated heterocycles. The normalized spacial score (nSPS) is 15.1. The highest BCUT2D eigenvalue weighted by atomic mass is 35.5. The summed E-state index contributed by atoms with van der Waals surface area (Å²) in [6.07, 6.45) is 4.00. The van der Waals surface area contributed by atoms with Gasteiger partial charge in [0.05, 0.1) is 6.61 Å². The van der Waals surface area contributed by atoms with Crippen molar-refractivity contribution >= 4 is 23.1 Å². The summed E-state index contributed by atoms with van der Waals surface area (Å²) in [4.78, 5) is 7.77. The maximum absolute atomic E-state index is 5.76. The average Bonchev–Trinajstić information content (AvgIpc) is 3.07. The van der Waals surface area contributed by atoms with Crippen molar-refractivity contribution in [3.05, 3.63) is 11.5 Å². The molecule has 1 heterocycles. The van der Waals surface area contributed by atoms with Crippen LogP contribution in [0.2, 0.25) is 5.15 Å². The third-order valence-electron chi connectivity index (χ3n) is 2.42. The molecule has 1 aromatic rings. The molecule has 0 aromatic carbocycles. The molecule has 3 N–H and O–H groups in total. The number of ether oxygens (including phenoxy) is 1. The van der Waals surface area contributed by atoms with Gasteiger partial charge in [-0.05, 0) is 18.8 Å². The van der Waals surface area contributed by atoms with Crippen molar-refractivity contribution in [2.45, 2.75) is 12.8 Å². The van der Waals surface area contributed by atoms with E-state index in [1.54, 1.807) is 0 Å². The average molecular weight is 243 g/mol. The van der Waals surface area contributed by atoms with Gasteiger partial charge in [0.25, 0.3) is 0 Å². The molecule has 0 radical (unpaired) electrons.